The molecule has 3 aromatic rings. The minimum Gasteiger partial charge on any atom is -0.466 e. The van der Waals surface area contributed by atoms with Gasteiger partial charge in [0.2, 0.25) is 0 Å². The fourth-order valence-corrected chi connectivity index (χ4v) is 4.27. The minimum atomic E-state index is -0.983. The van der Waals surface area contributed by atoms with E-state index in [1.165, 1.54) is 28.9 Å². The number of esters is 1. The average Bonchev–Trinajstić information content (AvgIpc) is 3.32. The molecule has 2 aromatic heterocycles. The van der Waals surface area contributed by atoms with Gasteiger partial charge in [-0.25, -0.2) is 14.5 Å². The molecule has 0 saturated carbocycles. The van der Waals surface area contributed by atoms with Crippen molar-refractivity contribution in [1.82, 2.24) is 20.0 Å². The molecular formula is C26H30N6O8. The van der Waals surface area contributed by atoms with Gasteiger partial charge in [-0.05, 0) is 37.6 Å². The van der Waals surface area contributed by atoms with Crippen LogP contribution in [0.25, 0.3) is 11.4 Å². The van der Waals surface area contributed by atoms with Crippen LogP contribution in [0, 0.1) is 10.1 Å². The Morgan fingerprint density at radius 3 is 2.62 bits per heavy atom. The Bertz CT molecular complexity index is 1360. The number of aromatic nitrogens is 4. The van der Waals surface area contributed by atoms with Gasteiger partial charge < -0.3 is 23.8 Å². The lowest BCUT2D eigenvalue weighted by Gasteiger charge is -2.35. The van der Waals surface area contributed by atoms with Crippen LogP contribution in [0.3, 0.4) is 0 Å². The van der Waals surface area contributed by atoms with E-state index in [2.05, 4.69) is 15.2 Å². The third kappa shape index (κ3) is 6.88. The molecule has 40 heavy (non-hydrogen) atoms. The summed E-state index contributed by atoms with van der Waals surface area (Å²) in [6.07, 6.45) is -0.418. The van der Waals surface area contributed by atoms with E-state index >= 15 is 0 Å². The number of nitro groups is 1. The number of hydrogen-bond donors (Lipinski definition) is 0. The first kappa shape index (κ1) is 28.4. The number of pyridine rings is 1. The number of benzene rings is 1. The minimum absolute atomic E-state index is 0.108. The molecule has 1 fully saturated rings. The van der Waals surface area contributed by atoms with E-state index in [4.69, 9.17) is 23.9 Å². The Morgan fingerprint density at radius 2 is 1.93 bits per heavy atom. The number of anilines is 1. The summed E-state index contributed by atoms with van der Waals surface area (Å²) < 4.78 is 22.7. The van der Waals surface area contributed by atoms with Crippen LogP contribution < -0.4 is 9.64 Å². The molecule has 1 atom stereocenters. The number of morpholine rings is 1. The van der Waals surface area contributed by atoms with E-state index in [1.54, 1.807) is 14.0 Å². The molecule has 3 heterocycles. The summed E-state index contributed by atoms with van der Waals surface area (Å²) in [7, 11) is 1.67. The lowest BCUT2D eigenvalue weighted by Crippen LogP contribution is -2.44. The van der Waals surface area contributed by atoms with Crippen LogP contribution >= 0.6 is 0 Å². The first-order chi connectivity index (χ1) is 19.3. The number of carbonyl (C=O) groups is 2. The van der Waals surface area contributed by atoms with Gasteiger partial charge in [0.05, 0.1) is 47.7 Å². The van der Waals surface area contributed by atoms with Gasteiger partial charge in [-0.3, -0.25) is 14.9 Å². The van der Waals surface area contributed by atoms with Crippen molar-refractivity contribution in [1.29, 1.82) is 0 Å². The number of aryl methyl sites for hydroxylation is 2. The van der Waals surface area contributed by atoms with Crippen LogP contribution in [-0.2, 0) is 39.1 Å². The number of non-ortho nitro benzene ring substituents is 1. The molecule has 0 aliphatic carbocycles. The highest BCUT2D eigenvalue weighted by molar-refractivity contribution is 5.70. The summed E-state index contributed by atoms with van der Waals surface area (Å²) in [5.74, 6) is -0.177. The molecule has 1 aliphatic rings. The molecule has 1 aliphatic heterocycles. The highest BCUT2D eigenvalue weighted by Gasteiger charge is 2.26. The fourth-order valence-electron chi connectivity index (χ4n) is 4.27. The summed E-state index contributed by atoms with van der Waals surface area (Å²) in [5, 5.41) is 19.1. The molecule has 4 rings (SSSR count). The third-order valence-electron chi connectivity index (χ3n) is 6.23. The van der Waals surface area contributed by atoms with Crippen LogP contribution in [0.2, 0.25) is 0 Å². The molecular weight excluding hydrogens is 524 g/mol. The Hall–Kier alpha value is -4.59. The molecule has 14 heteroatoms. The average molecular weight is 555 g/mol. The standard InChI is InChI=1S/C26H30N6O8/c1-4-20-22(31-12-13-38-19(15-31)14-24(33)37-5-2)11-10-21(27-20)25-23(30(3)29-28-25)16-39-26(34)40-18-8-6-17(7-9-18)32(35)36/h6-11,19H,4-5,12-16H2,1-3H3. The second-order valence-corrected chi connectivity index (χ2v) is 8.86. The van der Waals surface area contributed by atoms with Crippen molar-refractivity contribution in [3.8, 4) is 17.1 Å². The number of carbonyl (C=O) groups excluding carboxylic acids is 2. The van der Waals surface area contributed by atoms with Gasteiger partial charge in [-0.1, -0.05) is 12.1 Å². The number of nitrogens with zero attached hydrogens (tertiary/aromatic N) is 6. The second-order valence-electron chi connectivity index (χ2n) is 8.86. The van der Waals surface area contributed by atoms with Crippen LogP contribution in [0.4, 0.5) is 16.2 Å². The van der Waals surface area contributed by atoms with Crippen molar-refractivity contribution in [2.24, 2.45) is 7.05 Å². The van der Waals surface area contributed by atoms with E-state index < -0.39 is 11.1 Å². The van der Waals surface area contributed by atoms with Crippen molar-refractivity contribution in [3.05, 3.63) is 57.9 Å². The summed E-state index contributed by atoms with van der Waals surface area (Å²) in [4.78, 5) is 41.4. The van der Waals surface area contributed by atoms with E-state index in [0.717, 1.165) is 11.4 Å². The SMILES string of the molecule is CCOC(=O)CC1CN(c2ccc(-c3nnn(C)c3COC(=O)Oc3ccc([N+](=O)[O-])cc3)nc2CC)CCO1. The molecule has 1 saturated heterocycles. The maximum absolute atomic E-state index is 12.2. The van der Waals surface area contributed by atoms with Crippen LogP contribution in [0.5, 0.6) is 5.75 Å². The van der Waals surface area contributed by atoms with Gasteiger partial charge in [0, 0.05) is 32.3 Å². The van der Waals surface area contributed by atoms with E-state index in [1.807, 2.05) is 19.1 Å². The zero-order chi connectivity index (χ0) is 28.6. The largest absolute Gasteiger partial charge is 0.514 e. The predicted octanol–water partition coefficient (Wildman–Crippen LogP) is 3.22. The number of nitro benzene ring substituents is 1. The third-order valence-corrected chi connectivity index (χ3v) is 6.23. The molecule has 0 radical (unpaired) electrons. The molecule has 1 aromatic carbocycles. The molecule has 212 valence electrons. The first-order valence-corrected chi connectivity index (χ1v) is 12.8. The maximum Gasteiger partial charge on any atom is 0.514 e. The number of ether oxygens (including phenoxy) is 4. The summed E-state index contributed by atoms with van der Waals surface area (Å²) >= 11 is 0. The zero-order valence-electron chi connectivity index (χ0n) is 22.4. The van der Waals surface area contributed by atoms with Crippen LogP contribution in [0.1, 0.15) is 31.7 Å². The normalized spacial score (nSPS) is 15.0. The highest BCUT2D eigenvalue weighted by atomic mass is 16.7. The lowest BCUT2D eigenvalue weighted by molar-refractivity contribution is -0.384. The fraction of sp³-hybridized carbons (Fsp3) is 0.423. The van der Waals surface area contributed by atoms with Crippen LogP contribution in [-0.4, -0.2) is 69.4 Å². The van der Waals surface area contributed by atoms with Crippen molar-refractivity contribution < 1.29 is 33.5 Å². The molecule has 0 amide bonds. The number of rotatable bonds is 10. The Kier molecular flexibility index (Phi) is 9.22. The quantitative estimate of drug-likeness (QED) is 0.156. The Balaban J connectivity index is 1.44. The maximum atomic E-state index is 12.2. The second kappa shape index (κ2) is 13.0. The van der Waals surface area contributed by atoms with Crippen molar-refractivity contribution in [2.45, 2.75) is 39.4 Å². The summed E-state index contributed by atoms with van der Waals surface area (Å²) in [6.45, 7) is 5.60. The molecule has 0 bridgehead atoms. The first-order valence-electron chi connectivity index (χ1n) is 12.8. The molecule has 0 spiro atoms. The van der Waals surface area contributed by atoms with E-state index in [9.17, 15) is 19.7 Å². The lowest BCUT2D eigenvalue weighted by atomic mass is 10.1. The molecule has 0 N–H and O–H groups in total. The van der Waals surface area contributed by atoms with Crippen molar-refractivity contribution in [2.75, 3.05) is 31.2 Å². The van der Waals surface area contributed by atoms with Gasteiger partial charge in [-0.15, -0.1) is 5.10 Å². The molecule has 14 nitrogen and oxygen atoms in total. The van der Waals surface area contributed by atoms with E-state index in [-0.39, 0.29) is 36.5 Å². The highest BCUT2D eigenvalue weighted by Crippen LogP contribution is 2.28. The van der Waals surface area contributed by atoms with Gasteiger partial charge in [0.1, 0.15) is 23.7 Å². The molecule has 1 unspecified atom stereocenters. The van der Waals surface area contributed by atoms with E-state index in [0.29, 0.717) is 49.8 Å². The van der Waals surface area contributed by atoms with Crippen molar-refractivity contribution in [3.63, 3.8) is 0 Å². The Morgan fingerprint density at radius 1 is 1.15 bits per heavy atom. The zero-order valence-corrected chi connectivity index (χ0v) is 22.4. The van der Waals surface area contributed by atoms with Crippen LogP contribution in [0.15, 0.2) is 36.4 Å². The van der Waals surface area contributed by atoms with Gasteiger partial charge in [0.15, 0.2) is 0 Å². The predicted molar refractivity (Wildman–Crippen MR) is 141 cm³/mol. The monoisotopic (exact) mass is 554 g/mol. The smallest absolute Gasteiger partial charge is 0.466 e. The topological polar surface area (TPSA) is 161 Å². The van der Waals surface area contributed by atoms with Crippen molar-refractivity contribution >= 4 is 23.5 Å². The number of hydrogen-bond acceptors (Lipinski definition) is 12. The Labute approximate surface area is 229 Å². The van der Waals surface area contributed by atoms with Gasteiger partial charge >= 0.3 is 12.1 Å². The van der Waals surface area contributed by atoms with Gasteiger partial charge in [0.25, 0.3) is 5.69 Å². The summed E-state index contributed by atoms with van der Waals surface area (Å²) in [6, 6.07) is 8.85. The summed E-state index contributed by atoms with van der Waals surface area (Å²) in [5.41, 5.74) is 3.17. The van der Waals surface area contributed by atoms with Gasteiger partial charge in [-0.2, -0.15) is 0 Å².